The summed E-state index contributed by atoms with van der Waals surface area (Å²) in [5.41, 5.74) is 1.02. The van der Waals surface area contributed by atoms with Gasteiger partial charge in [0.05, 0.1) is 0 Å². The maximum absolute atomic E-state index is 10.7. The quantitative estimate of drug-likeness (QED) is 0.755. The lowest BCUT2D eigenvalue weighted by atomic mass is 10.4. The topological polar surface area (TPSA) is 42.0 Å². The van der Waals surface area contributed by atoms with Crippen molar-refractivity contribution < 1.29 is 4.21 Å². The Bertz CT molecular complexity index is 250. The van der Waals surface area contributed by atoms with Crippen LogP contribution >= 0.6 is 0 Å². The van der Waals surface area contributed by atoms with E-state index >= 15 is 0 Å². The summed E-state index contributed by atoms with van der Waals surface area (Å²) in [6, 6.07) is 3.77. The molecule has 0 aliphatic carbocycles. The first-order valence-corrected chi connectivity index (χ1v) is 5.45. The smallest absolute Gasteiger partial charge is 0.0405 e. The van der Waals surface area contributed by atoms with Crippen LogP contribution in [0.25, 0.3) is 0 Å². The SMILES string of the molecule is CS(=O)CCNc1ccncc1. The third kappa shape index (κ3) is 3.48. The molecule has 0 radical (unpaired) electrons. The number of nitrogens with one attached hydrogen (secondary N) is 1. The minimum absolute atomic E-state index is 0.683. The van der Waals surface area contributed by atoms with E-state index in [1.807, 2.05) is 12.1 Å². The van der Waals surface area contributed by atoms with Crippen LogP contribution in [0.4, 0.5) is 5.69 Å². The van der Waals surface area contributed by atoms with Gasteiger partial charge in [-0.3, -0.25) is 9.19 Å². The van der Waals surface area contributed by atoms with Gasteiger partial charge in [0.2, 0.25) is 0 Å². The summed E-state index contributed by atoms with van der Waals surface area (Å²) in [7, 11) is -0.717. The van der Waals surface area contributed by atoms with E-state index in [1.54, 1.807) is 18.6 Å². The predicted octanol–water partition coefficient (Wildman–Crippen LogP) is 0.872. The van der Waals surface area contributed by atoms with Gasteiger partial charge in [-0.25, -0.2) is 0 Å². The monoisotopic (exact) mass is 184 g/mol. The van der Waals surface area contributed by atoms with E-state index in [1.165, 1.54) is 0 Å². The molecule has 0 aromatic carbocycles. The second-order valence-electron chi connectivity index (χ2n) is 2.44. The fourth-order valence-corrected chi connectivity index (χ4v) is 1.20. The Labute approximate surface area is 74.7 Å². The Morgan fingerprint density at radius 2 is 2.17 bits per heavy atom. The average molecular weight is 184 g/mol. The highest BCUT2D eigenvalue weighted by Crippen LogP contribution is 2.01. The third-order valence-electron chi connectivity index (χ3n) is 1.40. The average Bonchev–Trinajstić information content (AvgIpc) is 2.05. The molecule has 1 atom stereocenters. The maximum Gasteiger partial charge on any atom is 0.0405 e. The molecule has 1 rings (SSSR count). The molecule has 1 aromatic rings. The second-order valence-corrected chi connectivity index (χ2v) is 3.99. The number of pyridine rings is 1. The van der Waals surface area contributed by atoms with E-state index in [9.17, 15) is 4.21 Å². The van der Waals surface area contributed by atoms with Gasteiger partial charge in [0.25, 0.3) is 0 Å². The highest BCUT2D eigenvalue weighted by molar-refractivity contribution is 7.84. The summed E-state index contributed by atoms with van der Waals surface area (Å²) in [6.45, 7) is 0.743. The number of anilines is 1. The first-order valence-electron chi connectivity index (χ1n) is 3.73. The lowest BCUT2D eigenvalue weighted by molar-refractivity contribution is 0.687. The predicted molar refractivity (Wildman–Crippen MR) is 51.7 cm³/mol. The Kier molecular flexibility index (Phi) is 3.73. The zero-order valence-corrected chi connectivity index (χ0v) is 7.80. The van der Waals surface area contributed by atoms with Crippen molar-refractivity contribution in [1.29, 1.82) is 0 Å². The number of hydrogen-bond donors (Lipinski definition) is 1. The Morgan fingerprint density at radius 1 is 1.50 bits per heavy atom. The fourth-order valence-electron chi connectivity index (χ4n) is 0.809. The lowest BCUT2D eigenvalue weighted by Gasteiger charge is -2.02. The van der Waals surface area contributed by atoms with Crippen molar-refractivity contribution in [2.75, 3.05) is 23.9 Å². The Hall–Kier alpha value is -0.900. The molecule has 1 aromatic heterocycles. The number of aromatic nitrogens is 1. The standard InChI is InChI=1S/C8H12N2OS/c1-12(11)7-6-10-8-2-4-9-5-3-8/h2-5H,6-7H2,1H3,(H,9,10). The largest absolute Gasteiger partial charge is 0.384 e. The van der Waals surface area contributed by atoms with Crippen LogP contribution in [0.1, 0.15) is 0 Å². The fraction of sp³-hybridized carbons (Fsp3) is 0.375. The van der Waals surface area contributed by atoms with Gasteiger partial charge in [0, 0.05) is 47.4 Å². The second kappa shape index (κ2) is 4.87. The van der Waals surface area contributed by atoms with Crippen LogP contribution in [-0.2, 0) is 10.8 Å². The van der Waals surface area contributed by atoms with Crippen molar-refractivity contribution in [1.82, 2.24) is 4.98 Å². The lowest BCUT2D eigenvalue weighted by Crippen LogP contribution is -2.09. The molecule has 66 valence electrons. The molecule has 0 saturated carbocycles. The van der Waals surface area contributed by atoms with Gasteiger partial charge in [0.15, 0.2) is 0 Å². The molecular formula is C8H12N2OS. The summed E-state index contributed by atoms with van der Waals surface area (Å²) in [4.78, 5) is 3.89. The number of rotatable bonds is 4. The molecule has 0 fully saturated rings. The molecule has 0 aliphatic rings. The van der Waals surface area contributed by atoms with Gasteiger partial charge >= 0.3 is 0 Å². The Balaban J connectivity index is 2.29. The van der Waals surface area contributed by atoms with Crippen LogP contribution in [0.2, 0.25) is 0 Å². The molecule has 3 nitrogen and oxygen atoms in total. The van der Waals surface area contributed by atoms with Crippen LogP contribution in [-0.4, -0.2) is 27.7 Å². The van der Waals surface area contributed by atoms with Crippen LogP contribution in [0.5, 0.6) is 0 Å². The number of nitrogens with zero attached hydrogens (tertiary/aromatic N) is 1. The van der Waals surface area contributed by atoms with Crippen LogP contribution in [0.15, 0.2) is 24.5 Å². The molecular weight excluding hydrogens is 172 g/mol. The van der Waals surface area contributed by atoms with Crippen molar-refractivity contribution in [3.8, 4) is 0 Å². The molecule has 0 aliphatic heterocycles. The summed E-state index contributed by atoms with van der Waals surface area (Å²) >= 11 is 0. The molecule has 1 unspecified atom stereocenters. The summed E-state index contributed by atoms with van der Waals surface area (Å²) in [5, 5.41) is 3.14. The van der Waals surface area contributed by atoms with E-state index in [4.69, 9.17) is 0 Å². The molecule has 12 heavy (non-hydrogen) atoms. The van der Waals surface area contributed by atoms with E-state index in [0.717, 1.165) is 12.2 Å². The van der Waals surface area contributed by atoms with Crippen LogP contribution < -0.4 is 5.32 Å². The Morgan fingerprint density at radius 3 is 2.75 bits per heavy atom. The van der Waals surface area contributed by atoms with Gasteiger partial charge in [0.1, 0.15) is 0 Å². The summed E-state index contributed by atoms with van der Waals surface area (Å²) < 4.78 is 10.7. The first-order chi connectivity index (χ1) is 5.79. The summed E-state index contributed by atoms with van der Waals surface area (Å²) in [5.74, 6) is 0.683. The molecule has 0 bridgehead atoms. The molecule has 4 heteroatoms. The van der Waals surface area contributed by atoms with Crippen LogP contribution in [0, 0.1) is 0 Å². The number of hydrogen-bond acceptors (Lipinski definition) is 3. The highest BCUT2D eigenvalue weighted by atomic mass is 32.2. The minimum Gasteiger partial charge on any atom is -0.384 e. The maximum atomic E-state index is 10.7. The van der Waals surface area contributed by atoms with E-state index in [0.29, 0.717) is 5.75 Å². The van der Waals surface area contributed by atoms with E-state index in [-0.39, 0.29) is 0 Å². The van der Waals surface area contributed by atoms with Crippen molar-refractivity contribution in [2.45, 2.75) is 0 Å². The minimum atomic E-state index is -0.717. The zero-order chi connectivity index (χ0) is 8.81. The van der Waals surface area contributed by atoms with Gasteiger partial charge in [-0.2, -0.15) is 0 Å². The third-order valence-corrected chi connectivity index (χ3v) is 2.18. The molecule has 1 N–H and O–H groups in total. The van der Waals surface area contributed by atoms with Gasteiger partial charge in [-0.1, -0.05) is 0 Å². The van der Waals surface area contributed by atoms with Crippen molar-refractivity contribution in [3.63, 3.8) is 0 Å². The molecule has 0 spiro atoms. The normalized spacial score (nSPS) is 12.4. The first kappa shape index (κ1) is 9.19. The molecule has 1 heterocycles. The van der Waals surface area contributed by atoms with E-state index in [2.05, 4.69) is 10.3 Å². The highest BCUT2D eigenvalue weighted by Gasteiger charge is 1.91. The van der Waals surface area contributed by atoms with Gasteiger partial charge < -0.3 is 5.32 Å². The molecule has 0 amide bonds. The zero-order valence-electron chi connectivity index (χ0n) is 6.99. The summed E-state index contributed by atoms with van der Waals surface area (Å²) in [6.07, 6.45) is 5.16. The molecule has 0 saturated heterocycles. The van der Waals surface area contributed by atoms with Crippen LogP contribution in [0.3, 0.4) is 0 Å². The van der Waals surface area contributed by atoms with E-state index < -0.39 is 10.8 Å². The van der Waals surface area contributed by atoms with Crippen molar-refractivity contribution in [3.05, 3.63) is 24.5 Å². The van der Waals surface area contributed by atoms with Gasteiger partial charge in [-0.15, -0.1) is 0 Å². The van der Waals surface area contributed by atoms with Crippen molar-refractivity contribution in [2.24, 2.45) is 0 Å². The van der Waals surface area contributed by atoms with Crippen molar-refractivity contribution >= 4 is 16.5 Å². The van der Waals surface area contributed by atoms with Gasteiger partial charge in [-0.05, 0) is 12.1 Å².